The molecule has 2 heteroatoms. The van der Waals surface area contributed by atoms with Gasteiger partial charge in [-0.3, -0.25) is 4.79 Å². The van der Waals surface area contributed by atoms with Crippen molar-refractivity contribution in [2.45, 2.75) is 57.1 Å². The molecule has 14 heavy (non-hydrogen) atoms. The fraction of sp³-hybridized carbons (Fsp3) is 0.750. The summed E-state index contributed by atoms with van der Waals surface area (Å²) in [7, 11) is 0. The predicted molar refractivity (Wildman–Crippen MR) is 63.5 cm³/mol. The molecule has 0 bridgehead atoms. The molecular weight excluding hydrogens is 192 g/mol. The van der Waals surface area contributed by atoms with E-state index in [9.17, 15) is 4.79 Å². The minimum Gasteiger partial charge on any atom is -0.282 e. The van der Waals surface area contributed by atoms with Crippen LogP contribution in [-0.2, 0) is 4.79 Å². The standard InChI is InChI=1S/C12H20OS/c1-2-3-5-10-12(13)14-11-8-6-4-7-9-11/h5,10-11H,2-4,6-9H2,1H3/b10-5+. The number of rotatable bonds is 4. The van der Waals surface area contributed by atoms with Gasteiger partial charge in [0, 0.05) is 5.25 Å². The van der Waals surface area contributed by atoms with Gasteiger partial charge in [0.15, 0.2) is 0 Å². The highest BCUT2D eigenvalue weighted by Crippen LogP contribution is 2.28. The third-order valence-electron chi connectivity index (χ3n) is 2.54. The summed E-state index contributed by atoms with van der Waals surface area (Å²) in [4.78, 5) is 11.5. The Bertz CT molecular complexity index is 192. The van der Waals surface area contributed by atoms with Gasteiger partial charge in [0.25, 0.3) is 0 Å². The summed E-state index contributed by atoms with van der Waals surface area (Å²) in [5.74, 6) is 0. The highest BCUT2D eigenvalue weighted by atomic mass is 32.2. The van der Waals surface area contributed by atoms with Crippen LogP contribution in [0, 0.1) is 0 Å². The van der Waals surface area contributed by atoms with E-state index in [0.717, 1.165) is 12.8 Å². The van der Waals surface area contributed by atoms with Crippen LogP contribution in [0.1, 0.15) is 51.9 Å². The van der Waals surface area contributed by atoms with E-state index in [4.69, 9.17) is 0 Å². The van der Waals surface area contributed by atoms with E-state index in [-0.39, 0.29) is 5.12 Å². The first-order valence-corrected chi connectivity index (χ1v) is 6.58. The van der Waals surface area contributed by atoms with Crippen molar-refractivity contribution >= 4 is 16.9 Å². The molecule has 0 heterocycles. The highest BCUT2D eigenvalue weighted by molar-refractivity contribution is 8.14. The second kappa shape index (κ2) is 7.10. The van der Waals surface area contributed by atoms with Crippen molar-refractivity contribution in [3.63, 3.8) is 0 Å². The fourth-order valence-electron chi connectivity index (χ4n) is 1.73. The number of carbonyl (C=O) groups is 1. The SMILES string of the molecule is CCC/C=C/C(=O)SC1CCCCC1. The normalized spacial score (nSPS) is 18.9. The van der Waals surface area contributed by atoms with Gasteiger partial charge in [-0.25, -0.2) is 0 Å². The maximum atomic E-state index is 11.5. The molecule has 1 nitrogen and oxygen atoms in total. The van der Waals surface area contributed by atoms with Crippen molar-refractivity contribution in [2.24, 2.45) is 0 Å². The Kier molecular flexibility index (Phi) is 6.00. The lowest BCUT2D eigenvalue weighted by atomic mass is 10.0. The summed E-state index contributed by atoms with van der Waals surface area (Å²) in [6, 6.07) is 0. The van der Waals surface area contributed by atoms with Crippen LogP contribution in [0.5, 0.6) is 0 Å². The van der Waals surface area contributed by atoms with E-state index in [2.05, 4.69) is 6.92 Å². The average Bonchev–Trinajstić information content (AvgIpc) is 2.20. The second-order valence-corrected chi connectivity index (χ2v) is 5.19. The lowest BCUT2D eigenvalue weighted by Crippen LogP contribution is -2.10. The van der Waals surface area contributed by atoms with Crippen molar-refractivity contribution in [2.75, 3.05) is 0 Å². The van der Waals surface area contributed by atoms with E-state index in [1.807, 2.05) is 6.08 Å². The maximum Gasteiger partial charge on any atom is 0.212 e. The van der Waals surface area contributed by atoms with Crippen LogP contribution in [0.2, 0.25) is 0 Å². The second-order valence-electron chi connectivity index (χ2n) is 3.89. The number of hydrogen-bond acceptors (Lipinski definition) is 2. The summed E-state index contributed by atoms with van der Waals surface area (Å²) in [5.41, 5.74) is 0. The summed E-state index contributed by atoms with van der Waals surface area (Å²) < 4.78 is 0. The van der Waals surface area contributed by atoms with Crippen LogP contribution in [0.25, 0.3) is 0 Å². The molecule has 1 fully saturated rings. The predicted octanol–water partition coefficient (Wildman–Crippen LogP) is 3.94. The molecule has 0 saturated heterocycles. The summed E-state index contributed by atoms with van der Waals surface area (Å²) in [6.45, 7) is 2.13. The summed E-state index contributed by atoms with van der Waals surface area (Å²) >= 11 is 1.55. The van der Waals surface area contributed by atoms with Gasteiger partial charge < -0.3 is 0 Å². The van der Waals surface area contributed by atoms with E-state index in [0.29, 0.717) is 5.25 Å². The number of carbonyl (C=O) groups excluding carboxylic acids is 1. The molecule has 80 valence electrons. The Labute approximate surface area is 91.3 Å². The first-order valence-electron chi connectivity index (χ1n) is 5.70. The molecule has 0 radical (unpaired) electrons. The highest BCUT2D eigenvalue weighted by Gasteiger charge is 2.15. The van der Waals surface area contributed by atoms with E-state index in [1.165, 1.54) is 32.1 Å². The van der Waals surface area contributed by atoms with Crippen LogP contribution < -0.4 is 0 Å². The smallest absolute Gasteiger partial charge is 0.212 e. The molecule has 0 atom stereocenters. The van der Waals surface area contributed by atoms with Gasteiger partial charge in [-0.05, 0) is 25.3 Å². The van der Waals surface area contributed by atoms with Gasteiger partial charge in [-0.15, -0.1) is 0 Å². The minimum atomic E-state index is 0.255. The van der Waals surface area contributed by atoms with Crippen molar-refractivity contribution in [3.8, 4) is 0 Å². The Balaban J connectivity index is 2.18. The monoisotopic (exact) mass is 212 g/mol. The molecule has 0 spiro atoms. The molecule has 0 unspecified atom stereocenters. The lowest BCUT2D eigenvalue weighted by Gasteiger charge is -2.19. The van der Waals surface area contributed by atoms with Crippen LogP contribution >= 0.6 is 11.8 Å². The number of allylic oxidation sites excluding steroid dienone is 1. The molecule has 1 saturated carbocycles. The van der Waals surface area contributed by atoms with Crippen molar-refractivity contribution in [3.05, 3.63) is 12.2 Å². The van der Waals surface area contributed by atoms with Crippen LogP contribution in [0.3, 0.4) is 0 Å². The Morgan fingerprint density at radius 1 is 1.36 bits per heavy atom. The van der Waals surface area contributed by atoms with Gasteiger partial charge in [0.2, 0.25) is 5.12 Å². The molecule has 1 aliphatic rings. The number of thioether (sulfide) groups is 1. The van der Waals surface area contributed by atoms with Crippen LogP contribution in [-0.4, -0.2) is 10.4 Å². The summed E-state index contributed by atoms with van der Waals surface area (Å²) in [5, 5.41) is 0.855. The molecule has 0 aromatic heterocycles. The quantitative estimate of drug-likeness (QED) is 0.657. The summed E-state index contributed by atoms with van der Waals surface area (Å²) in [6.07, 6.45) is 12.3. The Morgan fingerprint density at radius 3 is 2.71 bits per heavy atom. The van der Waals surface area contributed by atoms with Gasteiger partial charge in [0.05, 0.1) is 0 Å². The van der Waals surface area contributed by atoms with E-state index >= 15 is 0 Å². The first kappa shape index (κ1) is 11.8. The molecule has 0 amide bonds. The van der Waals surface area contributed by atoms with Gasteiger partial charge in [-0.1, -0.05) is 50.4 Å². The first-order chi connectivity index (χ1) is 6.83. The van der Waals surface area contributed by atoms with E-state index in [1.54, 1.807) is 17.8 Å². The Morgan fingerprint density at radius 2 is 2.07 bits per heavy atom. The molecule has 0 aliphatic heterocycles. The van der Waals surface area contributed by atoms with Crippen molar-refractivity contribution in [1.29, 1.82) is 0 Å². The van der Waals surface area contributed by atoms with Crippen molar-refractivity contribution in [1.82, 2.24) is 0 Å². The fourth-order valence-corrected chi connectivity index (χ4v) is 2.81. The lowest BCUT2D eigenvalue weighted by molar-refractivity contribution is -0.107. The zero-order chi connectivity index (χ0) is 10.2. The zero-order valence-corrected chi connectivity index (χ0v) is 9.81. The molecule has 0 aromatic rings. The van der Waals surface area contributed by atoms with Crippen molar-refractivity contribution < 1.29 is 4.79 Å². The average molecular weight is 212 g/mol. The van der Waals surface area contributed by atoms with Crippen LogP contribution in [0.15, 0.2) is 12.2 Å². The van der Waals surface area contributed by atoms with Gasteiger partial charge >= 0.3 is 0 Å². The third kappa shape index (κ3) is 4.85. The molecule has 0 aromatic carbocycles. The van der Waals surface area contributed by atoms with E-state index < -0.39 is 0 Å². The van der Waals surface area contributed by atoms with Crippen LogP contribution in [0.4, 0.5) is 0 Å². The third-order valence-corrected chi connectivity index (χ3v) is 3.72. The zero-order valence-electron chi connectivity index (χ0n) is 9.00. The molecule has 1 rings (SSSR count). The topological polar surface area (TPSA) is 17.1 Å². The largest absolute Gasteiger partial charge is 0.282 e. The molecule has 1 aliphatic carbocycles. The maximum absolute atomic E-state index is 11.5. The Hall–Kier alpha value is -0.240. The van der Waals surface area contributed by atoms with Gasteiger partial charge in [0.1, 0.15) is 0 Å². The molecule has 0 N–H and O–H groups in total. The number of hydrogen-bond donors (Lipinski definition) is 0. The molecular formula is C12H20OS. The number of unbranched alkanes of at least 4 members (excludes halogenated alkanes) is 1. The minimum absolute atomic E-state index is 0.255. The van der Waals surface area contributed by atoms with Gasteiger partial charge in [-0.2, -0.15) is 0 Å².